The normalized spacial score (nSPS) is 11.8. The maximum Gasteiger partial charge on any atom is 0.237 e. The van der Waals surface area contributed by atoms with Crippen LogP contribution in [0, 0.1) is 17.2 Å². The Morgan fingerprint density at radius 3 is 3.00 bits per heavy atom. The Hall–Kier alpha value is -1.28. The van der Waals surface area contributed by atoms with Crippen LogP contribution in [0.4, 0.5) is 0 Å². The topological polar surface area (TPSA) is 66.0 Å². The van der Waals surface area contributed by atoms with Gasteiger partial charge in [-0.1, -0.05) is 0 Å². The van der Waals surface area contributed by atoms with E-state index in [2.05, 4.69) is 21.2 Å². The zero-order chi connectivity index (χ0) is 10.6. The van der Waals surface area contributed by atoms with Gasteiger partial charge in [-0.3, -0.25) is 4.79 Å². The van der Waals surface area contributed by atoms with Crippen molar-refractivity contribution in [2.45, 2.75) is 13.5 Å². The zero-order valence-electron chi connectivity index (χ0n) is 7.58. The number of nitrogens with zero attached hydrogens (tertiary/aromatic N) is 1. The Labute approximate surface area is 90.0 Å². The largest absolute Gasteiger partial charge is 0.452 e. The van der Waals surface area contributed by atoms with Crippen LogP contribution in [0.3, 0.4) is 0 Å². The fraction of sp³-hybridized carbons (Fsp3) is 0.333. The summed E-state index contributed by atoms with van der Waals surface area (Å²) in [5.41, 5.74) is 0. The first-order chi connectivity index (χ1) is 6.63. The van der Waals surface area contributed by atoms with E-state index in [1.54, 1.807) is 19.1 Å². The van der Waals surface area contributed by atoms with Gasteiger partial charge in [0.1, 0.15) is 11.7 Å². The summed E-state index contributed by atoms with van der Waals surface area (Å²) in [5, 5.41) is 11.1. The highest BCUT2D eigenvalue weighted by atomic mass is 79.9. The lowest BCUT2D eigenvalue weighted by Gasteiger charge is -2.03. The second-order valence-electron chi connectivity index (χ2n) is 2.77. The van der Waals surface area contributed by atoms with Crippen molar-refractivity contribution in [1.29, 1.82) is 5.26 Å². The average molecular weight is 257 g/mol. The van der Waals surface area contributed by atoms with Crippen molar-refractivity contribution in [3.8, 4) is 6.07 Å². The van der Waals surface area contributed by atoms with Gasteiger partial charge in [-0.2, -0.15) is 5.26 Å². The summed E-state index contributed by atoms with van der Waals surface area (Å²) in [6.07, 6.45) is 0. The van der Waals surface area contributed by atoms with Gasteiger partial charge in [-0.15, -0.1) is 0 Å². The summed E-state index contributed by atoms with van der Waals surface area (Å²) < 4.78 is 5.79. The summed E-state index contributed by atoms with van der Waals surface area (Å²) >= 11 is 3.15. The molecule has 1 aromatic heterocycles. The van der Waals surface area contributed by atoms with E-state index in [4.69, 9.17) is 9.68 Å². The van der Waals surface area contributed by atoms with Gasteiger partial charge in [0, 0.05) is 0 Å². The van der Waals surface area contributed by atoms with Crippen LogP contribution in [0.1, 0.15) is 12.7 Å². The van der Waals surface area contributed by atoms with Gasteiger partial charge in [0.2, 0.25) is 5.91 Å². The predicted octanol–water partition coefficient (Wildman–Crippen LogP) is 1.82. The van der Waals surface area contributed by atoms with Crippen LogP contribution < -0.4 is 5.32 Å². The minimum Gasteiger partial charge on any atom is -0.452 e. The minimum absolute atomic E-state index is 0.292. The highest BCUT2D eigenvalue weighted by molar-refractivity contribution is 9.10. The first kappa shape index (κ1) is 10.8. The van der Waals surface area contributed by atoms with Crippen molar-refractivity contribution in [2.75, 3.05) is 0 Å². The summed E-state index contributed by atoms with van der Waals surface area (Å²) in [5.74, 6) is -0.274. The number of nitriles is 1. The maximum atomic E-state index is 11.2. The van der Waals surface area contributed by atoms with E-state index in [1.807, 2.05) is 6.07 Å². The van der Waals surface area contributed by atoms with Gasteiger partial charge >= 0.3 is 0 Å². The number of halogens is 1. The second-order valence-corrected chi connectivity index (χ2v) is 3.56. The lowest BCUT2D eigenvalue weighted by Crippen LogP contribution is -2.27. The molecule has 1 N–H and O–H groups in total. The Kier molecular flexibility index (Phi) is 3.72. The smallest absolute Gasteiger partial charge is 0.237 e. The molecule has 74 valence electrons. The molecule has 0 radical (unpaired) electrons. The third-order valence-electron chi connectivity index (χ3n) is 1.65. The number of nitrogens with one attached hydrogen (secondary N) is 1. The van der Waals surface area contributed by atoms with Crippen molar-refractivity contribution in [3.05, 3.63) is 22.6 Å². The summed E-state index contributed by atoms with van der Waals surface area (Å²) in [7, 11) is 0. The van der Waals surface area contributed by atoms with Crippen LogP contribution in [0.5, 0.6) is 0 Å². The van der Waals surface area contributed by atoms with Crippen LogP contribution in [-0.4, -0.2) is 5.91 Å². The van der Waals surface area contributed by atoms with Gasteiger partial charge in [-0.25, -0.2) is 0 Å². The maximum absolute atomic E-state index is 11.2. The van der Waals surface area contributed by atoms with Crippen LogP contribution in [-0.2, 0) is 11.3 Å². The third kappa shape index (κ3) is 2.89. The molecule has 0 spiro atoms. The molecule has 1 atom stereocenters. The third-order valence-corrected chi connectivity index (χ3v) is 2.08. The molecular formula is C9H9BrN2O2. The lowest BCUT2D eigenvalue weighted by molar-refractivity contribution is -0.123. The van der Waals surface area contributed by atoms with Crippen molar-refractivity contribution < 1.29 is 9.21 Å². The molecule has 0 saturated carbocycles. The molecule has 0 saturated heterocycles. The molecule has 14 heavy (non-hydrogen) atoms. The standard InChI is InChI=1S/C9H9BrN2O2/c1-6(4-11)9(13)12-5-7-2-3-8(10)14-7/h2-3,6H,5H2,1H3,(H,12,13). The summed E-state index contributed by atoms with van der Waals surface area (Å²) in [6.45, 7) is 1.85. The summed E-state index contributed by atoms with van der Waals surface area (Å²) in [4.78, 5) is 11.2. The molecule has 1 heterocycles. The predicted molar refractivity (Wildman–Crippen MR) is 53.0 cm³/mol. The van der Waals surface area contributed by atoms with Crippen molar-refractivity contribution in [3.63, 3.8) is 0 Å². The van der Waals surface area contributed by atoms with Crippen LogP contribution >= 0.6 is 15.9 Å². The molecule has 0 aliphatic carbocycles. The molecule has 4 nitrogen and oxygen atoms in total. The molecule has 1 amide bonds. The number of amides is 1. The molecule has 0 aliphatic heterocycles. The first-order valence-electron chi connectivity index (χ1n) is 4.05. The second kappa shape index (κ2) is 4.82. The van der Waals surface area contributed by atoms with Gasteiger partial charge in [0.25, 0.3) is 0 Å². The lowest BCUT2D eigenvalue weighted by atomic mass is 10.2. The van der Waals surface area contributed by atoms with Gasteiger partial charge < -0.3 is 9.73 Å². The van der Waals surface area contributed by atoms with Crippen LogP contribution in [0.15, 0.2) is 21.2 Å². The highest BCUT2D eigenvalue weighted by Gasteiger charge is 2.11. The minimum atomic E-state index is -0.631. The van der Waals surface area contributed by atoms with E-state index >= 15 is 0 Å². The Balaban J connectivity index is 2.42. The van der Waals surface area contributed by atoms with Gasteiger partial charge in [-0.05, 0) is 35.0 Å². The number of rotatable bonds is 3. The molecule has 0 fully saturated rings. The van der Waals surface area contributed by atoms with Gasteiger partial charge in [0.05, 0.1) is 12.6 Å². The van der Waals surface area contributed by atoms with E-state index < -0.39 is 5.92 Å². The molecule has 1 rings (SSSR count). The number of carbonyl (C=O) groups excluding carboxylic acids is 1. The number of hydrogen-bond donors (Lipinski definition) is 1. The molecule has 0 aromatic carbocycles. The quantitative estimate of drug-likeness (QED) is 0.898. The first-order valence-corrected chi connectivity index (χ1v) is 4.84. The molecule has 0 bridgehead atoms. The molecule has 1 unspecified atom stereocenters. The number of carbonyl (C=O) groups is 1. The van der Waals surface area contributed by atoms with Crippen molar-refractivity contribution in [2.24, 2.45) is 5.92 Å². The highest BCUT2D eigenvalue weighted by Crippen LogP contribution is 2.13. The SMILES string of the molecule is CC(C#N)C(=O)NCc1ccc(Br)o1. The van der Waals surface area contributed by atoms with E-state index in [1.165, 1.54) is 0 Å². The van der Waals surface area contributed by atoms with E-state index in [0.717, 1.165) is 0 Å². The molecule has 0 aliphatic rings. The molecule has 1 aromatic rings. The average Bonchev–Trinajstić information content (AvgIpc) is 2.59. The van der Waals surface area contributed by atoms with E-state index in [0.29, 0.717) is 17.0 Å². The Bertz CT molecular complexity index is 367. The fourth-order valence-electron chi connectivity index (χ4n) is 0.833. The van der Waals surface area contributed by atoms with Crippen molar-refractivity contribution >= 4 is 21.8 Å². The van der Waals surface area contributed by atoms with E-state index in [9.17, 15) is 4.79 Å². The van der Waals surface area contributed by atoms with Gasteiger partial charge in [0.15, 0.2) is 4.67 Å². The fourth-order valence-corrected chi connectivity index (χ4v) is 1.17. The Morgan fingerprint density at radius 2 is 2.50 bits per heavy atom. The number of hydrogen-bond acceptors (Lipinski definition) is 3. The van der Waals surface area contributed by atoms with Crippen LogP contribution in [0.25, 0.3) is 0 Å². The van der Waals surface area contributed by atoms with E-state index in [-0.39, 0.29) is 5.91 Å². The Morgan fingerprint density at radius 1 is 1.79 bits per heavy atom. The van der Waals surface area contributed by atoms with Crippen LogP contribution in [0.2, 0.25) is 0 Å². The number of furan rings is 1. The van der Waals surface area contributed by atoms with Crippen molar-refractivity contribution in [1.82, 2.24) is 5.32 Å². The zero-order valence-corrected chi connectivity index (χ0v) is 9.17. The monoisotopic (exact) mass is 256 g/mol. The summed E-state index contributed by atoms with van der Waals surface area (Å²) in [6, 6.07) is 5.35. The molecular weight excluding hydrogens is 248 g/mol. The molecule has 5 heteroatoms.